The first-order valence-corrected chi connectivity index (χ1v) is 10.9. The van der Waals surface area contributed by atoms with Gasteiger partial charge in [0.15, 0.2) is 5.96 Å². The molecule has 1 atom stereocenters. The first-order valence-electron chi connectivity index (χ1n) is 10.5. The number of nitrogens with zero attached hydrogens (tertiary/aromatic N) is 2. The molecule has 1 aliphatic rings. The maximum atomic E-state index is 12.1. The molecule has 32 heavy (non-hydrogen) atoms. The van der Waals surface area contributed by atoms with E-state index in [9.17, 15) is 4.79 Å². The van der Waals surface area contributed by atoms with Gasteiger partial charge in [0.2, 0.25) is 0 Å². The molecule has 0 saturated carbocycles. The lowest BCUT2D eigenvalue weighted by molar-refractivity contribution is 0.0953. The van der Waals surface area contributed by atoms with Gasteiger partial charge in [-0.3, -0.25) is 9.79 Å². The molecule has 7 nitrogen and oxygen atoms in total. The Morgan fingerprint density at radius 3 is 2.66 bits per heavy atom. The van der Waals surface area contributed by atoms with E-state index in [4.69, 9.17) is 16.3 Å². The minimum absolute atomic E-state index is 0. The number of carbonyl (C=O) groups is 1. The maximum Gasteiger partial charge on any atom is 0.251 e. The molecule has 9 heteroatoms. The Hall–Kier alpha value is -2.20. The molecule has 1 saturated heterocycles. The van der Waals surface area contributed by atoms with Crippen LogP contribution in [0.2, 0.25) is 5.02 Å². The molecule has 0 aliphatic carbocycles. The summed E-state index contributed by atoms with van der Waals surface area (Å²) in [7, 11) is 3.44. The summed E-state index contributed by atoms with van der Waals surface area (Å²) in [5, 5.41) is 10.4. The van der Waals surface area contributed by atoms with Crippen molar-refractivity contribution in [3.8, 4) is 5.75 Å². The smallest absolute Gasteiger partial charge is 0.251 e. The topological polar surface area (TPSA) is 78.0 Å². The Bertz CT molecular complexity index is 897. The van der Waals surface area contributed by atoms with Crippen molar-refractivity contribution < 1.29 is 9.53 Å². The SMILES string of the molecule is CN=C(NCCCNC(=O)c1ccccc1)NC1CCN(c2cc(Cl)ccc2OC)C1.I. The van der Waals surface area contributed by atoms with E-state index in [1.807, 2.05) is 48.5 Å². The van der Waals surface area contributed by atoms with Crippen LogP contribution in [-0.4, -0.2) is 58.2 Å². The molecule has 0 aromatic heterocycles. The minimum atomic E-state index is -0.0504. The number of anilines is 1. The van der Waals surface area contributed by atoms with Crippen molar-refractivity contribution >= 4 is 53.1 Å². The van der Waals surface area contributed by atoms with Crippen molar-refractivity contribution in [3.05, 3.63) is 59.1 Å². The Morgan fingerprint density at radius 1 is 1.19 bits per heavy atom. The van der Waals surface area contributed by atoms with Crippen LogP contribution in [0.15, 0.2) is 53.5 Å². The normalized spacial score (nSPS) is 15.7. The van der Waals surface area contributed by atoms with E-state index in [-0.39, 0.29) is 35.9 Å². The number of carbonyl (C=O) groups excluding carboxylic acids is 1. The molecule has 1 unspecified atom stereocenters. The molecule has 174 valence electrons. The van der Waals surface area contributed by atoms with Gasteiger partial charge in [-0.25, -0.2) is 0 Å². The summed E-state index contributed by atoms with van der Waals surface area (Å²) in [5.41, 5.74) is 1.69. The third kappa shape index (κ3) is 7.44. The fraction of sp³-hybridized carbons (Fsp3) is 0.391. The second-order valence-corrected chi connectivity index (χ2v) is 7.80. The average Bonchev–Trinajstić information content (AvgIpc) is 3.26. The molecule has 0 bridgehead atoms. The molecule has 2 aromatic rings. The van der Waals surface area contributed by atoms with E-state index in [1.54, 1.807) is 14.2 Å². The fourth-order valence-electron chi connectivity index (χ4n) is 3.58. The van der Waals surface area contributed by atoms with Gasteiger partial charge in [-0.15, -0.1) is 24.0 Å². The second-order valence-electron chi connectivity index (χ2n) is 7.37. The van der Waals surface area contributed by atoms with Gasteiger partial charge in [0, 0.05) is 49.9 Å². The van der Waals surface area contributed by atoms with Crippen LogP contribution in [0.25, 0.3) is 0 Å². The highest BCUT2D eigenvalue weighted by Crippen LogP contribution is 2.33. The first kappa shape index (κ1) is 26.1. The Kier molecular flexibility index (Phi) is 10.9. The lowest BCUT2D eigenvalue weighted by Crippen LogP contribution is -2.45. The van der Waals surface area contributed by atoms with Crippen LogP contribution in [0.3, 0.4) is 0 Å². The number of nitrogens with one attached hydrogen (secondary N) is 3. The Labute approximate surface area is 212 Å². The van der Waals surface area contributed by atoms with Gasteiger partial charge in [-0.2, -0.15) is 0 Å². The van der Waals surface area contributed by atoms with Gasteiger partial charge in [-0.1, -0.05) is 29.8 Å². The molecule has 3 rings (SSSR count). The fourth-order valence-corrected chi connectivity index (χ4v) is 3.75. The second kappa shape index (κ2) is 13.4. The van der Waals surface area contributed by atoms with E-state index in [0.29, 0.717) is 23.7 Å². The van der Waals surface area contributed by atoms with Gasteiger partial charge >= 0.3 is 0 Å². The Morgan fingerprint density at radius 2 is 1.94 bits per heavy atom. The number of amides is 1. The highest BCUT2D eigenvalue weighted by molar-refractivity contribution is 14.0. The van der Waals surface area contributed by atoms with Gasteiger partial charge < -0.3 is 25.6 Å². The Balaban J connectivity index is 0.00000363. The molecule has 1 heterocycles. The van der Waals surface area contributed by atoms with Crippen LogP contribution in [0.5, 0.6) is 5.75 Å². The van der Waals surface area contributed by atoms with E-state index in [2.05, 4.69) is 25.8 Å². The first-order chi connectivity index (χ1) is 15.1. The number of hydrogen-bond acceptors (Lipinski definition) is 4. The standard InChI is InChI=1S/C23H30ClN5O2.HI/c1-25-23(27-13-6-12-26-22(30)17-7-4-3-5-8-17)28-19-11-14-29(16-19)20-15-18(24)9-10-21(20)31-2;/h3-5,7-10,15,19H,6,11-14,16H2,1-2H3,(H,26,30)(H2,25,27,28);1H. The summed E-state index contributed by atoms with van der Waals surface area (Å²) >= 11 is 6.18. The third-order valence-corrected chi connectivity index (χ3v) is 5.44. The predicted molar refractivity (Wildman–Crippen MR) is 142 cm³/mol. The molecule has 1 aliphatic heterocycles. The van der Waals surface area contributed by atoms with E-state index in [0.717, 1.165) is 43.3 Å². The number of ether oxygens (including phenoxy) is 1. The summed E-state index contributed by atoms with van der Waals surface area (Å²) in [5.74, 6) is 1.54. The minimum Gasteiger partial charge on any atom is -0.495 e. The molecule has 0 radical (unpaired) electrons. The number of aliphatic imine (C=N–C) groups is 1. The van der Waals surface area contributed by atoms with E-state index in [1.165, 1.54) is 0 Å². The number of guanidine groups is 1. The van der Waals surface area contributed by atoms with Crippen molar-refractivity contribution in [2.24, 2.45) is 4.99 Å². The molecule has 1 fully saturated rings. The zero-order valence-corrected chi connectivity index (χ0v) is 21.5. The van der Waals surface area contributed by atoms with Crippen molar-refractivity contribution in [2.45, 2.75) is 18.9 Å². The largest absolute Gasteiger partial charge is 0.495 e. The van der Waals surface area contributed by atoms with E-state index < -0.39 is 0 Å². The molecule has 1 amide bonds. The quantitative estimate of drug-likeness (QED) is 0.196. The van der Waals surface area contributed by atoms with Crippen molar-refractivity contribution in [2.75, 3.05) is 45.2 Å². The highest BCUT2D eigenvalue weighted by Gasteiger charge is 2.25. The zero-order valence-electron chi connectivity index (χ0n) is 18.4. The third-order valence-electron chi connectivity index (χ3n) is 5.20. The lowest BCUT2D eigenvalue weighted by atomic mass is 10.2. The van der Waals surface area contributed by atoms with Crippen molar-refractivity contribution in [3.63, 3.8) is 0 Å². The van der Waals surface area contributed by atoms with Crippen LogP contribution in [0.1, 0.15) is 23.2 Å². The monoisotopic (exact) mass is 571 g/mol. The summed E-state index contributed by atoms with van der Waals surface area (Å²) in [6.07, 6.45) is 1.79. The molecular weight excluding hydrogens is 541 g/mol. The summed E-state index contributed by atoms with van der Waals surface area (Å²) < 4.78 is 5.48. The summed E-state index contributed by atoms with van der Waals surface area (Å²) in [6.45, 7) is 3.07. The number of benzene rings is 2. The number of methoxy groups -OCH3 is 1. The lowest BCUT2D eigenvalue weighted by Gasteiger charge is -2.22. The van der Waals surface area contributed by atoms with Gasteiger partial charge in [0.1, 0.15) is 5.75 Å². The van der Waals surface area contributed by atoms with Crippen molar-refractivity contribution in [1.82, 2.24) is 16.0 Å². The molecule has 0 spiro atoms. The maximum absolute atomic E-state index is 12.1. The van der Waals surface area contributed by atoms with Gasteiger partial charge in [0.25, 0.3) is 5.91 Å². The highest BCUT2D eigenvalue weighted by atomic mass is 127. The van der Waals surface area contributed by atoms with Crippen LogP contribution < -0.4 is 25.6 Å². The number of rotatable bonds is 8. The predicted octanol–water partition coefficient (Wildman–Crippen LogP) is 3.53. The summed E-state index contributed by atoms with van der Waals surface area (Å²) in [6, 6.07) is 15.2. The van der Waals surface area contributed by atoms with Crippen LogP contribution in [-0.2, 0) is 0 Å². The van der Waals surface area contributed by atoms with E-state index >= 15 is 0 Å². The average molecular weight is 572 g/mol. The molecular formula is C23H31ClIN5O2. The van der Waals surface area contributed by atoms with Crippen LogP contribution in [0, 0.1) is 0 Å². The number of halogens is 2. The van der Waals surface area contributed by atoms with Crippen LogP contribution in [0.4, 0.5) is 5.69 Å². The van der Waals surface area contributed by atoms with Crippen LogP contribution >= 0.6 is 35.6 Å². The van der Waals surface area contributed by atoms with Gasteiger partial charge in [0.05, 0.1) is 12.8 Å². The summed E-state index contributed by atoms with van der Waals surface area (Å²) in [4.78, 5) is 18.6. The van der Waals surface area contributed by atoms with Gasteiger partial charge in [-0.05, 0) is 43.2 Å². The number of hydrogen-bond donors (Lipinski definition) is 3. The van der Waals surface area contributed by atoms with Crippen molar-refractivity contribution in [1.29, 1.82) is 0 Å². The molecule has 3 N–H and O–H groups in total. The molecule has 2 aromatic carbocycles. The zero-order chi connectivity index (χ0) is 22.1.